The van der Waals surface area contributed by atoms with Crippen LogP contribution in [0.25, 0.3) is 10.9 Å². The highest BCUT2D eigenvalue weighted by atomic mass is 32.1. The van der Waals surface area contributed by atoms with E-state index in [1.165, 1.54) is 18.3 Å². The van der Waals surface area contributed by atoms with Crippen molar-refractivity contribution in [1.29, 1.82) is 0 Å². The molecule has 0 fully saturated rings. The number of hydrogen-bond donors (Lipinski definition) is 7. The van der Waals surface area contributed by atoms with Crippen molar-refractivity contribution in [2.45, 2.75) is 50.0 Å². The molecule has 0 bridgehead atoms. The minimum Gasteiger partial charge on any atom is -0.342 e. The second kappa shape index (κ2) is 18.1. The lowest BCUT2D eigenvalue weighted by Crippen LogP contribution is -2.56. The van der Waals surface area contributed by atoms with Crippen LogP contribution in [0, 0.1) is 0 Å². The van der Waals surface area contributed by atoms with Crippen molar-refractivity contribution < 1.29 is 32.0 Å². The Hall–Kier alpha value is -3.76. The Labute approximate surface area is 284 Å². The first-order valence-electron chi connectivity index (χ1n) is 15.8. The molecule has 9 N–H and O–H groups in total. The van der Waals surface area contributed by atoms with Gasteiger partial charge in [-0.25, -0.2) is 0 Å². The SMILES string of the molecule is C[N+](CCN)(CCN)CCC[C@H](N)C(=O)N[C@H](CS)C(=O)N[C@@H](CCc1cccc(C(F)(F)F)c1)C(=O)Nc1cnc2ccccc2c1. The van der Waals surface area contributed by atoms with Crippen molar-refractivity contribution in [2.24, 2.45) is 17.2 Å². The summed E-state index contributed by atoms with van der Waals surface area (Å²) in [5.41, 5.74) is 18.2. The largest absolute Gasteiger partial charge is 0.416 e. The number of para-hydroxylation sites is 1. The quantitative estimate of drug-likeness (QED) is 0.0790. The molecule has 0 radical (unpaired) electrons. The Morgan fingerprint density at radius 1 is 0.896 bits per heavy atom. The number of carbonyl (C=O) groups is 3. The zero-order chi connectivity index (χ0) is 35.3. The Bertz CT molecular complexity index is 1520. The lowest BCUT2D eigenvalue weighted by atomic mass is 10.0. The van der Waals surface area contributed by atoms with Gasteiger partial charge in [0.15, 0.2) is 0 Å². The molecule has 2 aromatic carbocycles. The van der Waals surface area contributed by atoms with Gasteiger partial charge in [-0.3, -0.25) is 19.4 Å². The third-order valence-corrected chi connectivity index (χ3v) is 8.54. The Morgan fingerprint density at radius 2 is 1.58 bits per heavy atom. The molecule has 15 heteroatoms. The van der Waals surface area contributed by atoms with Crippen molar-refractivity contribution in [3.63, 3.8) is 0 Å². The monoisotopic (exact) mass is 691 g/mol. The maximum atomic E-state index is 13.5. The third kappa shape index (κ3) is 11.7. The number of hydrogen-bond acceptors (Lipinski definition) is 8. The third-order valence-electron chi connectivity index (χ3n) is 8.17. The summed E-state index contributed by atoms with van der Waals surface area (Å²) in [7, 11) is 2.04. The number of nitrogens with zero attached hydrogens (tertiary/aromatic N) is 2. The Morgan fingerprint density at radius 3 is 2.25 bits per heavy atom. The summed E-state index contributed by atoms with van der Waals surface area (Å²) in [6.45, 7) is 3.20. The molecule has 0 saturated carbocycles. The molecule has 11 nitrogen and oxygen atoms in total. The number of pyridine rings is 1. The second-order valence-corrected chi connectivity index (χ2v) is 12.4. The molecule has 262 valence electrons. The van der Waals surface area contributed by atoms with Gasteiger partial charge in [0.05, 0.1) is 55.7 Å². The predicted molar refractivity (Wildman–Crippen MR) is 184 cm³/mol. The molecular weight excluding hydrogens is 645 g/mol. The highest BCUT2D eigenvalue weighted by Crippen LogP contribution is 2.30. The molecule has 3 atom stereocenters. The van der Waals surface area contributed by atoms with Crippen LogP contribution in [-0.2, 0) is 27.0 Å². The number of nitrogens with two attached hydrogens (primary N) is 3. The molecule has 1 heterocycles. The number of nitrogens with one attached hydrogen (secondary N) is 3. The van der Waals surface area contributed by atoms with Gasteiger partial charge in [-0.1, -0.05) is 36.4 Å². The average molecular weight is 692 g/mol. The highest BCUT2D eigenvalue weighted by molar-refractivity contribution is 7.80. The van der Waals surface area contributed by atoms with Crippen LogP contribution in [0.1, 0.15) is 30.4 Å². The number of fused-ring (bicyclic) bond motifs is 1. The van der Waals surface area contributed by atoms with E-state index < -0.39 is 47.6 Å². The summed E-state index contributed by atoms with van der Waals surface area (Å²) >= 11 is 4.23. The molecule has 1 aromatic heterocycles. The maximum Gasteiger partial charge on any atom is 0.416 e. The van der Waals surface area contributed by atoms with Gasteiger partial charge in [0.2, 0.25) is 17.7 Å². The van der Waals surface area contributed by atoms with Gasteiger partial charge >= 0.3 is 6.18 Å². The molecule has 3 rings (SSSR count). The van der Waals surface area contributed by atoms with Crippen molar-refractivity contribution in [3.05, 3.63) is 71.9 Å². The summed E-state index contributed by atoms with van der Waals surface area (Å²) in [6, 6.07) is 10.6. The van der Waals surface area contributed by atoms with E-state index in [0.717, 1.165) is 42.7 Å². The van der Waals surface area contributed by atoms with Gasteiger partial charge in [0.25, 0.3) is 0 Å². The van der Waals surface area contributed by atoms with Crippen LogP contribution in [0.15, 0.2) is 60.8 Å². The van der Waals surface area contributed by atoms with Crippen molar-refractivity contribution >= 4 is 46.9 Å². The normalized spacial score (nSPS) is 13.8. The fraction of sp³-hybridized carbons (Fsp3) is 0.455. The number of thiol groups is 1. The number of quaternary nitrogens is 1. The molecule has 0 spiro atoms. The highest BCUT2D eigenvalue weighted by Gasteiger charge is 2.31. The van der Waals surface area contributed by atoms with Crippen LogP contribution < -0.4 is 33.2 Å². The van der Waals surface area contributed by atoms with Crippen LogP contribution >= 0.6 is 12.6 Å². The van der Waals surface area contributed by atoms with E-state index in [4.69, 9.17) is 17.2 Å². The van der Waals surface area contributed by atoms with Gasteiger partial charge in [-0.05, 0) is 49.4 Å². The zero-order valence-electron chi connectivity index (χ0n) is 27.0. The number of amides is 3. The minimum absolute atomic E-state index is 0.0325. The van der Waals surface area contributed by atoms with E-state index in [9.17, 15) is 27.6 Å². The van der Waals surface area contributed by atoms with Crippen molar-refractivity contribution in [1.82, 2.24) is 15.6 Å². The smallest absolute Gasteiger partial charge is 0.342 e. The number of anilines is 1. The number of aromatic nitrogens is 1. The number of benzene rings is 2. The summed E-state index contributed by atoms with van der Waals surface area (Å²) < 4.78 is 40.6. The van der Waals surface area contributed by atoms with E-state index in [-0.39, 0.29) is 18.6 Å². The van der Waals surface area contributed by atoms with Gasteiger partial charge in [0, 0.05) is 24.2 Å². The molecule has 3 amide bonds. The summed E-state index contributed by atoms with van der Waals surface area (Å²) in [5.74, 6) is -1.95. The first kappa shape index (κ1) is 38.7. The fourth-order valence-electron chi connectivity index (χ4n) is 5.38. The van der Waals surface area contributed by atoms with Crippen LogP contribution in [0.5, 0.6) is 0 Å². The number of aryl methyl sites for hydroxylation is 1. The van der Waals surface area contributed by atoms with Crippen LogP contribution in [0.3, 0.4) is 0 Å². The number of rotatable bonds is 18. The van der Waals surface area contributed by atoms with Gasteiger partial charge < -0.3 is 37.6 Å². The van der Waals surface area contributed by atoms with Gasteiger partial charge in [-0.2, -0.15) is 25.8 Å². The maximum absolute atomic E-state index is 13.5. The lowest BCUT2D eigenvalue weighted by Gasteiger charge is -2.34. The Balaban J connectivity index is 1.70. The van der Waals surface area contributed by atoms with Crippen LogP contribution in [-0.4, -0.2) is 90.8 Å². The first-order chi connectivity index (χ1) is 22.8. The lowest BCUT2D eigenvalue weighted by molar-refractivity contribution is -0.907. The van der Waals surface area contributed by atoms with Gasteiger partial charge in [-0.15, -0.1) is 0 Å². The zero-order valence-corrected chi connectivity index (χ0v) is 27.9. The molecule has 3 aromatic rings. The summed E-state index contributed by atoms with van der Waals surface area (Å²) in [6.07, 6.45) is -2.06. The molecular formula is C33H46F3N8O3S+. The van der Waals surface area contributed by atoms with Crippen LogP contribution in [0.2, 0.25) is 0 Å². The molecule has 0 aliphatic rings. The number of carbonyl (C=O) groups excluding carboxylic acids is 3. The molecule has 48 heavy (non-hydrogen) atoms. The van der Waals surface area contributed by atoms with Crippen molar-refractivity contribution in [2.75, 3.05) is 50.8 Å². The number of halogens is 3. The van der Waals surface area contributed by atoms with E-state index in [1.54, 1.807) is 6.07 Å². The Kier molecular flexibility index (Phi) is 14.6. The average Bonchev–Trinajstić information content (AvgIpc) is 3.05. The second-order valence-electron chi connectivity index (χ2n) is 12.1. The number of alkyl halides is 3. The van der Waals surface area contributed by atoms with E-state index in [2.05, 4.69) is 33.6 Å². The molecule has 0 saturated heterocycles. The first-order valence-corrected chi connectivity index (χ1v) is 16.4. The molecule has 0 aliphatic carbocycles. The van der Waals surface area contributed by atoms with Crippen LogP contribution in [0.4, 0.5) is 18.9 Å². The summed E-state index contributed by atoms with van der Waals surface area (Å²) in [4.78, 5) is 44.1. The molecule has 0 aliphatic heterocycles. The van der Waals surface area contributed by atoms with Crippen molar-refractivity contribution in [3.8, 4) is 0 Å². The fourth-order valence-corrected chi connectivity index (χ4v) is 5.64. The standard InChI is InChI=1S/C33H45F3N8O3S/c1-44(16-13-37,17-14-38)15-5-9-26(39)30(45)43-29(21-48)32(47)42-28(12-11-22-6-4-8-24(18-22)33(34,35)36)31(46)41-25-19-23-7-2-3-10-27(23)40-20-25/h2-4,6-8,10,18-20,26,28-29H,5,9,11-17,21,37-39H2,1H3,(H3-,41,42,43,45,46,47,48)/p+1/t26-,28-,29+/m0/s1. The predicted octanol–water partition coefficient (Wildman–Crippen LogP) is 2.20. The summed E-state index contributed by atoms with van der Waals surface area (Å²) in [5, 5.41) is 8.78. The van der Waals surface area contributed by atoms with E-state index >= 15 is 0 Å². The topological polar surface area (TPSA) is 178 Å². The molecule has 0 unspecified atom stereocenters. The minimum atomic E-state index is -4.53. The van der Waals surface area contributed by atoms with E-state index in [1.807, 2.05) is 31.3 Å². The number of likely N-dealkylation sites (N-methyl/N-ethyl adjacent to an activating group) is 1. The van der Waals surface area contributed by atoms with Gasteiger partial charge in [0.1, 0.15) is 12.1 Å². The van der Waals surface area contributed by atoms with E-state index in [0.29, 0.717) is 41.7 Å².